The molecule has 0 aliphatic carbocycles. The number of nitrogens with two attached hydrogens (primary N) is 1. The fourth-order valence-electron chi connectivity index (χ4n) is 3.52. The fourth-order valence-corrected chi connectivity index (χ4v) is 4.15. The first-order chi connectivity index (χ1) is 16.0. The Bertz CT molecular complexity index is 1320. The Labute approximate surface area is 195 Å². The summed E-state index contributed by atoms with van der Waals surface area (Å²) >= 11 is 0. The van der Waals surface area contributed by atoms with Gasteiger partial charge in [-0.3, -0.25) is 4.79 Å². The second kappa shape index (κ2) is 10.0. The van der Waals surface area contributed by atoms with E-state index in [1.807, 2.05) is 0 Å². The molecule has 180 valence electrons. The van der Waals surface area contributed by atoms with Crippen molar-refractivity contribution in [3.05, 3.63) is 81.8 Å². The van der Waals surface area contributed by atoms with E-state index in [-0.39, 0.29) is 18.0 Å². The Balaban J connectivity index is 2.02. The van der Waals surface area contributed by atoms with Crippen molar-refractivity contribution in [3.8, 4) is 16.9 Å². The van der Waals surface area contributed by atoms with Crippen LogP contribution in [0.4, 0.5) is 4.39 Å². The van der Waals surface area contributed by atoms with Gasteiger partial charge in [-0.15, -0.1) is 10.1 Å². The Hall–Kier alpha value is -3.77. The standard InChI is InChI=1S/C22H23FN4O6S/c1-14-19(21(24)22(28)25-10-11-33-27(29)30)13-20(26(14)17-5-3-4-16(23)12-17)15-6-8-18(9-7-15)34(2,31)32/h3-9,12-13,21H,10-11,24H2,1-2H3,(H,25,28). The van der Waals surface area contributed by atoms with Gasteiger partial charge in [0.2, 0.25) is 5.91 Å². The molecule has 1 unspecified atom stereocenters. The van der Waals surface area contributed by atoms with Gasteiger partial charge in [0.15, 0.2) is 9.84 Å². The van der Waals surface area contributed by atoms with Gasteiger partial charge in [-0.1, -0.05) is 18.2 Å². The molecule has 3 N–H and O–H groups in total. The van der Waals surface area contributed by atoms with E-state index in [0.717, 1.165) is 6.26 Å². The maximum absolute atomic E-state index is 14.0. The van der Waals surface area contributed by atoms with Crippen molar-refractivity contribution in [3.63, 3.8) is 0 Å². The summed E-state index contributed by atoms with van der Waals surface area (Å²) in [6, 6.07) is 12.6. The Morgan fingerprint density at radius 1 is 1.24 bits per heavy atom. The molecule has 1 amide bonds. The first-order valence-corrected chi connectivity index (χ1v) is 12.0. The van der Waals surface area contributed by atoms with Gasteiger partial charge >= 0.3 is 0 Å². The molecule has 0 radical (unpaired) electrons. The lowest BCUT2D eigenvalue weighted by Crippen LogP contribution is -2.36. The number of hydrogen-bond acceptors (Lipinski definition) is 7. The van der Waals surface area contributed by atoms with Crippen molar-refractivity contribution < 1.29 is 27.5 Å². The molecule has 1 atom stereocenters. The van der Waals surface area contributed by atoms with E-state index < -0.39 is 32.7 Å². The minimum Gasteiger partial charge on any atom is -0.353 e. The molecule has 0 spiro atoms. The quantitative estimate of drug-likeness (QED) is 0.266. The molecule has 0 bridgehead atoms. The smallest absolute Gasteiger partial charge is 0.294 e. The second-order valence-corrected chi connectivity index (χ2v) is 9.52. The molecule has 0 fully saturated rings. The summed E-state index contributed by atoms with van der Waals surface area (Å²) in [5, 5.41) is 11.8. The first kappa shape index (κ1) is 24.9. The van der Waals surface area contributed by atoms with E-state index in [1.54, 1.807) is 41.8 Å². The topological polar surface area (TPSA) is 147 Å². The van der Waals surface area contributed by atoms with Crippen LogP contribution in [0.1, 0.15) is 17.3 Å². The van der Waals surface area contributed by atoms with E-state index >= 15 is 0 Å². The average molecular weight is 491 g/mol. The predicted octanol–water partition coefficient (Wildman–Crippen LogP) is 2.32. The third kappa shape index (κ3) is 5.58. The van der Waals surface area contributed by atoms with E-state index in [1.165, 1.54) is 24.3 Å². The molecule has 12 heteroatoms. The summed E-state index contributed by atoms with van der Waals surface area (Å²) < 4.78 is 39.4. The summed E-state index contributed by atoms with van der Waals surface area (Å²) in [7, 11) is -3.40. The maximum atomic E-state index is 14.0. The normalized spacial score (nSPS) is 12.2. The molecule has 0 saturated heterocycles. The summed E-state index contributed by atoms with van der Waals surface area (Å²) in [5.41, 5.74) is 8.86. The van der Waals surface area contributed by atoms with Gasteiger partial charge in [0, 0.05) is 24.2 Å². The largest absolute Gasteiger partial charge is 0.353 e. The predicted molar refractivity (Wildman–Crippen MR) is 122 cm³/mol. The van der Waals surface area contributed by atoms with Crippen molar-refractivity contribution in [2.45, 2.75) is 17.9 Å². The van der Waals surface area contributed by atoms with E-state index in [4.69, 9.17) is 5.73 Å². The minimum atomic E-state index is -3.40. The monoisotopic (exact) mass is 490 g/mol. The highest BCUT2D eigenvalue weighted by atomic mass is 32.2. The van der Waals surface area contributed by atoms with Crippen LogP contribution in [-0.2, 0) is 19.5 Å². The van der Waals surface area contributed by atoms with Crippen LogP contribution in [0.2, 0.25) is 0 Å². The van der Waals surface area contributed by atoms with Crippen LogP contribution in [-0.4, -0.2) is 43.4 Å². The van der Waals surface area contributed by atoms with Crippen LogP contribution in [0, 0.1) is 22.9 Å². The Kier molecular flexibility index (Phi) is 7.32. The van der Waals surface area contributed by atoms with Crippen LogP contribution in [0.15, 0.2) is 59.5 Å². The van der Waals surface area contributed by atoms with Gasteiger partial charge in [-0.25, -0.2) is 12.8 Å². The van der Waals surface area contributed by atoms with Crippen LogP contribution in [0.3, 0.4) is 0 Å². The van der Waals surface area contributed by atoms with E-state index in [2.05, 4.69) is 10.2 Å². The number of hydrogen-bond donors (Lipinski definition) is 2. The molecule has 2 aromatic carbocycles. The summed E-state index contributed by atoms with van der Waals surface area (Å²) in [4.78, 5) is 27.1. The Morgan fingerprint density at radius 2 is 1.91 bits per heavy atom. The number of halogens is 1. The zero-order valence-electron chi connectivity index (χ0n) is 18.4. The number of carbonyl (C=O) groups excluding carboxylic acids is 1. The second-order valence-electron chi connectivity index (χ2n) is 7.51. The molecule has 0 aliphatic heterocycles. The molecule has 0 aliphatic rings. The SMILES string of the molecule is Cc1c(C(N)C(=O)NCCO[N+](=O)[O-])cc(-c2ccc(S(C)(=O)=O)cc2)n1-c1cccc(F)c1. The first-order valence-electron chi connectivity index (χ1n) is 10.1. The zero-order chi connectivity index (χ0) is 25.0. The van der Waals surface area contributed by atoms with Gasteiger partial charge < -0.3 is 20.5 Å². The highest BCUT2D eigenvalue weighted by Gasteiger charge is 2.24. The number of carbonyl (C=O) groups is 1. The van der Waals surface area contributed by atoms with Crippen LogP contribution in [0.5, 0.6) is 0 Å². The highest BCUT2D eigenvalue weighted by molar-refractivity contribution is 7.90. The van der Waals surface area contributed by atoms with Crippen molar-refractivity contribution in [2.75, 3.05) is 19.4 Å². The molecule has 0 saturated carbocycles. The van der Waals surface area contributed by atoms with Crippen molar-refractivity contribution >= 4 is 15.7 Å². The van der Waals surface area contributed by atoms with Crippen molar-refractivity contribution in [1.82, 2.24) is 9.88 Å². The van der Waals surface area contributed by atoms with Crippen molar-refractivity contribution in [1.29, 1.82) is 0 Å². The molecule has 1 aromatic heterocycles. The number of sulfone groups is 1. The Morgan fingerprint density at radius 3 is 2.50 bits per heavy atom. The lowest BCUT2D eigenvalue weighted by molar-refractivity contribution is -0.757. The highest BCUT2D eigenvalue weighted by Crippen LogP contribution is 2.32. The fraction of sp³-hybridized carbons (Fsp3) is 0.227. The van der Waals surface area contributed by atoms with Gasteiger partial charge in [0.25, 0.3) is 5.09 Å². The molecule has 3 rings (SSSR count). The number of benzene rings is 2. The van der Waals surface area contributed by atoms with Gasteiger partial charge in [-0.2, -0.15) is 0 Å². The molecule has 1 heterocycles. The lowest BCUT2D eigenvalue weighted by atomic mass is 10.1. The molecule has 3 aromatic rings. The zero-order valence-corrected chi connectivity index (χ0v) is 19.2. The number of amides is 1. The van der Waals surface area contributed by atoms with E-state index in [9.17, 15) is 27.7 Å². The summed E-state index contributed by atoms with van der Waals surface area (Å²) in [5.74, 6) is -1.04. The molecule has 34 heavy (non-hydrogen) atoms. The van der Waals surface area contributed by atoms with Crippen LogP contribution < -0.4 is 11.1 Å². The van der Waals surface area contributed by atoms with Gasteiger partial charge in [0.1, 0.15) is 18.5 Å². The molecular weight excluding hydrogens is 467 g/mol. The van der Waals surface area contributed by atoms with Gasteiger partial charge in [-0.05, 0) is 54.4 Å². The third-order valence-corrected chi connectivity index (χ3v) is 6.27. The third-order valence-electron chi connectivity index (χ3n) is 5.15. The lowest BCUT2D eigenvalue weighted by Gasteiger charge is -2.15. The van der Waals surface area contributed by atoms with Crippen LogP contribution >= 0.6 is 0 Å². The number of nitrogens with zero attached hydrogens (tertiary/aromatic N) is 2. The van der Waals surface area contributed by atoms with E-state index in [0.29, 0.717) is 28.2 Å². The minimum absolute atomic E-state index is 0.114. The number of rotatable bonds is 9. The maximum Gasteiger partial charge on any atom is 0.294 e. The molecular formula is C22H23FN4O6S. The average Bonchev–Trinajstić information content (AvgIpc) is 3.12. The number of aromatic nitrogens is 1. The van der Waals surface area contributed by atoms with Crippen molar-refractivity contribution in [2.24, 2.45) is 5.73 Å². The van der Waals surface area contributed by atoms with Crippen LogP contribution in [0.25, 0.3) is 16.9 Å². The van der Waals surface area contributed by atoms with Gasteiger partial charge in [0.05, 0.1) is 10.6 Å². The summed E-state index contributed by atoms with van der Waals surface area (Å²) in [6.45, 7) is 1.28. The molecule has 10 nitrogen and oxygen atoms in total. The number of nitrogens with one attached hydrogen (secondary N) is 1. The summed E-state index contributed by atoms with van der Waals surface area (Å²) in [6.07, 6.45) is 1.11.